The third-order valence-electron chi connectivity index (χ3n) is 4.49. The lowest BCUT2D eigenvalue weighted by atomic mass is 9.76. The van der Waals surface area contributed by atoms with E-state index in [4.69, 9.17) is 9.57 Å². The third-order valence-corrected chi connectivity index (χ3v) is 5.02. The van der Waals surface area contributed by atoms with Crippen molar-refractivity contribution in [3.8, 4) is 0 Å². The van der Waals surface area contributed by atoms with Crippen molar-refractivity contribution < 1.29 is 19.5 Å². The van der Waals surface area contributed by atoms with E-state index in [1.807, 2.05) is 13.8 Å². The van der Waals surface area contributed by atoms with Crippen molar-refractivity contribution in [2.45, 2.75) is 57.8 Å². The Kier molecular flexibility index (Phi) is 6.96. The number of aliphatic hydroxyl groups excluding tert-OH is 1. The number of aliphatic hydroxyl groups is 1. The van der Waals surface area contributed by atoms with Crippen molar-refractivity contribution in [2.75, 3.05) is 13.2 Å². The molecule has 130 valence electrons. The highest BCUT2D eigenvalue weighted by molar-refractivity contribution is 7.80. The van der Waals surface area contributed by atoms with Crippen LogP contribution in [0.15, 0.2) is 16.5 Å². The van der Waals surface area contributed by atoms with E-state index in [0.29, 0.717) is 37.2 Å². The molecular weight excluding hydrogens is 314 g/mol. The second-order valence-corrected chi connectivity index (χ2v) is 6.70. The van der Waals surface area contributed by atoms with Crippen molar-refractivity contribution in [1.29, 1.82) is 0 Å². The molecule has 1 fully saturated rings. The summed E-state index contributed by atoms with van der Waals surface area (Å²) in [7, 11) is 0. The van der Waals surface area contributed by atoms with Gasteiger partial charge in [0.15, 0.2) is 5.78 Å². The molecule has 1 aliphatic heterocycles. The molecule has 0 aromatic heterocycles. The largest absolute Gasteiger partial charge is 0.511 e. The number of allylic oxidation sites excluding steroid dienone is 2. The molecule has 2 aliphatic rings. The second kappa shape index (κ2) is 8.73. The molecule has 6 heteroatoms. The number of Topliss-reactive ketones (excluding diaryl/α,β-unsaturated/α-hetero) is 1. The van der Waals surface area contributed by atoms with Crippen LogP contribution >= 0.6 is 12.6 Å². The van der Waals surface area contributed by atoms with Crippen LogP contribution in [0.1, 0.15) is 52.4 Å². The van der Waals surface area contributed by atoms with Gasteiger partial charge in [0, 0.05) is 19.4 Å². The molecule has 0 radical (unpaired) electrons. The summed E-state index contributed by atoms with van der Waals surface area (Å²) in [5.41, 5.74) is 0.782. The topological polar surface area (TPSA) is 68.1 Å². The highest BCUT2D eigenvalue weighted by Crippen LogP contribution is 2.39. The van der Waals surface area contributed by atoms with Gasteiger partial charge in [-0.1, -0.05) is 18.5 Å². The van der Waals surface area contributed by atoms with Crippen molar-refractivity contribution >= 4 is 24.1 Å². The number of oxime groups is 1. The maximum Gasteiger partial charge on any atom is 0.168 e. The molecule has 3 unspecified atom stereocenters. The molecule has 1 N–H and O–H groups in total. The molecule has 1 heterocycles. The van der Waals surface area contributed by atoms with Gasteiger partial charge in [-0.05, 0) is 38.0 Å². The fraction of sp³-hybridized carbons (Fsp3) is 0.765. The first-order valence-corrected chi connectivity index (χ1v) is 9.04. The molecule has 0 amide bonds. The number of carbonyl (C=O) groups excluding carboxylic acids is 1. The molecular formula is C17H27NO4S. The summed E-state index contributed by atoms with van der Waals surface area (Å²) in [5, 5.41) is 14.5. The van der Waals surface area contributed by atoms with Crippen LogP contribution in [0.4, 0.5) is 0 Å². The van der Waals surface area contributed by atoms with E-state index < -0.39 is 0 Å². The number of hydrogen-bond donors (Lipinski definition) is 2. The average Bonchev–Trinajstić information content (AvgIpc) is 2.52. The Morgan fingerprint density at radius 2 is 2.22 bits per heavy atom. The maximum absolute atomic E-state index is 12.6. The van der Waals surface area contributed by atoms with Crippen LogP contribution < -0.4 is 0 Å². The van der Waals surface area contributed by atoms with Gasteiger partial charge in [0.05, 0.1) is 11.3 Å². The van der Waals surface area contributed by atoms with E-state index in [1.165, 1.54) is 0 Å². The first-order valence-electron chi connectivity index (χ1n) is 8.52. The summed E-state index contributed by atoms with van der Waals surface area (Å²) >= 11 is 4.49. The lowest BCUT2D eigenvalue weighted by Crippen LogP contribution is -2.35. The van der Waals surface area contributed by atoms with E-state index in [9.17, 15) is 9.90 Å². The summed E-state index contributed by atoms with van der Waals surface area (Å²) in [6, 6.07) is 0. The van der Waals surface area contributed by atoms with E-state index in [-0.39, 0.29) is 28.8 Å². The van der Waals surface area contributed by atoms with Gasteiger partial charge in [0.2, 0.25) is 0 Å². The zero-order valence-electron chi connectivity index (χ0n) is 14.0. The van der Waals surface area contributed by atoms with E-state index in [1.54, 1.807) is 0 Å². The van der Waals surface area contributed by atoms with Crippen molar-refractivity contribution in [3.63, 3.8) is 0 Å². The number of ketones is 1. The minimum absolute atomic E-state index is 0.0447. The van der Waals surface area contributed by atoms with Crippen LogP contribution in [-0.4, -0.2) is 35.3 Å². The summed E-state index contributed by atoms with van der Waals surface area (Å²) in [6.07, 6.45) is 4.34. The van der Waals surface area contributed by atoms with Crippen LogP contribution in [0.3, 0.4) is 0 Å². The van der Waals surface area contributed by atoms with Gasteiger partial charge in [-0.25, -0.2) is 0 Å². The van der Waals surface area contributed by atoms with Crippen molar-refractivity contribution in [3.05, 3.63) is 11.3 Å². The normalized spacial score (nSPS) is 29.8. The number of ether oxygens (including phenoxy) is 1. The number of rotatable bonds is 6. The molecule has 1 aliphatic carbocycles. The first kappa shape index (κ1) is 18.3. The minimum Gasteiger partial charge on any atom is -0.511 e. The molecule has 0 bridgehead atoms. The van der Waals surface area contributed by atoms with Gasteiger partial charge in [-0.2, -0.15) is 0 Å². The smallest absolute Gasteiger partial charge is 0.168 e. The Labute approximate surface area is 143 Å². The highest BCUT2D eigenvalue weighted by atomic mass is 32.1. The Morgan fingerprint density at radius 3 is 2.83 bits per heavy atom. The van der Waals surface area contributed by atoms with Crippen LogP contribution in [0.25, 0.3) is 0 Å². The number of hydrogen-bond acceptors (Lipinski definition) is 6. The summed E-state index contributed by atoms with van der Waals surface area (Å²) < 4.78 is 5.59. The summed E-state index contributed by atoms with van der Waals surface area (Å²) in [6.45, 7) is 5.02. The molecule has 2 rings (SSSR count). The molecule has 0 saturated carbocycles. The maximum atomic E-state index is 12.6. The highest BCUT2D eigenvalue weighted by Gasteiger charge is 2.38. The average molecular weight is 341 g/mol. The third kappa shape index (κ3) is 4.51. The van der Waals surface area contributed by atoms with E-state index in [2.05, 4.69) is 17.8 Å². The summed E-state index contributed by atoms with van der Waals surface area (Å²) in [5.74, 6) is 0.392. The zero-order chi connectivity index (χ0) is 16.8. The lowest BCUT2D eigenvalue weighted by Gasteiger charge is -2.36. The van der Waals surface area contributed by atoms with Crippen molar-refractivity contribution in [2.24, 2.45) is 17.0 Å². The van der Waals surface area contributed by atoms with Gasteiger partial charge in [0.1, 0.15) is 17.8 Å². The molecule has 1 saturated heterocycles. The van der Waals surface area contributed by atoms with Crippen LogP contribution in [0, 0.1) is 11.8 Å². The molecule has 0 aromatic carbocycles. The number of thiol groups is 1. The Morgan fingerprint density at radius 1 is 1.43 bits per heavy atom. The van der Waals surface area contributed by atoms with Crippen LogP contribution in [0.2, 0.25) is 0 Å². The molecule has 0 aromatic rings. The van der Waals surface area contributed by atoms with Gasteiger partial charge in [0.25, 0.3) is 0 Å². The van der Waals surface area contributed by atoms with Gasteiger partial charge >= 0.3 is 0 Å². The van der Waals surface area contributed by atoms with E-state index in [0.717, 1.165) is 25.9 Å². The second-order valence-electron chi connectivity index (χ2n) is 6.19. The monoisotopic (exact) mass is 341 g/mol. The predicted octanol–water partition coefficient (Wildman–Crippen LogP) is 3.65. The Balaban J connectivity index is 2.18. The molecule has 3 atom stereocenters. The summed E-state index contributed by atoms with van der Waals surface area (Å²) in [4.78, 5) is 17.7. The fourth-order valence-corrected chi connectivity index (χ4v) is 3.91. The van der Waals surface area contributed by atoms with Gasteiger partial charge in [-0.3, -0.25) is 4.79 Å². The molecule has 0 spiro atoms. The minimum atomic E-state index is -0.150. The SMILES string of the molecule is CCCC(=NOCC)C1=C(O)CC(C2CCCOC2S)CC1=O. The van der Waals surface area contributed by atoms with Crippen LogP contribution in [-0.2, 0) is 14.4 Å². The van der Waals surface area contributed by atoms with E-state index >= 15 is 0 Å². The molecule has 5 nitrogen and oxygen atoms in total. The first-order chi connectivity index (χ1) is 11.1. The molecule has 23 heavy (non-hydrogen) atoms. The predicted molar refractivity (Wildman–Crippen MR) is 92.8 cm³/mol. The van der Waals surface area contributed by atoms with Crippen molar-refractivity contribution in [1.82, 2.24) is 0 Å². The van der Waals surface area contributed by atoms with Gasteiger partial charge in [-0.15, -0.1) is 12.6 Å². The quantitative estimate of drug-likeness (QED) is 0.439. The Hall–Kier alpha value is -1.01. The standard InChI is InChI=1S/C17H27NO4S/c1-3-6-13(18-22-4-2)16-14(19)9-11(10-15(16)20)12-7-5-8-21-17(12)23/h11-12,17,19,23H,3-10H2,1-2H3. The van der Waals surface area contributed by atoms with Crippen LogP contribution in [0.5, 0.6) is 0 Å². The Bertz CT molecular complexity index is 489. The lowest BCUT2D eigenvalue weighted by molar-refractivity contribution is -0.118. The fourth-order valence-electron chi connectivity index (χ4n) is 3.41. The van der Waals surface area contributed by atoms with Gasteiger partial charge < -0.3 is 14.7 Å². The number of carbonyl (C=O) groups is 1. The number of nitrogens with zero attached hydrogens (tertiary/aromatic N) is 1. The zero-order valence-corrected chi connectivity index (χ0v) is 14.8.